The summed E-state index contributed by atoms with van der Waals surface area (Å²) in [5.74, 6) is 1.66. The molecular weight excluding hydrogens is 553 g/mol. The average molecular weight is 590 g/mol. The quantitative estimate of drug-likeness (QED) is 0.309. The molecule has 4 aliphatic rings. The summed E-state index contributed by atoms with van der Waals surface area (Å²) in [4.78, 5) is 9.49. The lowest BCUT2D eigenvalue weighted by Gasteiger charge is -2.37. The SMILES string of the molecule is CCCC(=Nc1nc(NC2CCc3cc(OCC4(C)COC4)cc(F)c32)c(Cl)cc1C)O[C@@H]1CO[C@H]2[C@@H]1OC[C@H]2O. The topological polar surface area (TPSA) is 104 Å². The van der Waals surface area contributed by atoms with Gasteiger partial charge in [-0.1, -0.05) is 25.4 Å². The van der Waals surface area contributed by atoms with Gasteiger partial charge in [-0.3, -0.25) is 0 Å². The second kappa shape index (κ2) is 11.6. The molecule has 5 atom stereocenters. The van der Waals surface area contributed by atoms with Crippen molar-refractivity contribution in [2.24, 2.45) is 10.4 Å². The third-order valence-corrected chi connectivity index (χ3v) is 8.43. The van der Waals surface area contributed by atoms with E-state index in [0.29, 0.717) is 79.6 Å². The van der Waals surface area contributed by atoms with Gasteiger partial charge in [0.2, 0.25) is 0 Å². The van der Waals surface area contributed by atoms with E-state index in [0.717, 1.165) is 17.5 Å². The van der Waals surface area contributed by atoms with E-state index in [1.165, 1.54) is 6.07 Å². The Balaban J connectivity index is 1.19. The molecule has 0 radical (unpaired) electrons. The Kier molecular flexibility index (Phi) is 8.13. The number of aryl methyl sites for hydroxylation is 2. The van der Waals surface area contributed by atoms with E-state index in [2.05, 4.69) is 12.2 Å². The van der Waals surface area contributed by atoms with Crippen LogP contribution in [0, 0.1) is 18.2 Å². The summed E-state index contributed by atoms with van der Waals surface area (Å²) >= 11 is 6.60. The third-order valence-electron chi connectivity index (χ3n) is 8.14. The largest absolute Gasteiger partial charge is 0.493 e. The van der Waals surface area contributed by atoms with Crippen LogP contribution in [-0.2, 0) is 25.4 Å². The number of nitrogens with zero attached hydrogens (tertiary/aromatic N) is 2. The number of nitrogens with one attached hydrogen (secondary N) is 1. The van der Waals surface area contributed by atoms with Crippen molar-refractivity contribution in [1.82, 2.24) is 4.98 Å². The van der Waals surface area contributed by atoms with Gasteiger partial charge >= 0.3 is 0 Å². The van der Waals surface area contributed by atoms with Crippen LogP contribution >= 0.6 is 11.6 Å². The second-order valence-corrected chi connectivity index (χ2v) is 12.2. The predicted octanol–water partition coefficient (Wildman–Crippen LogP) is 5.07. The summed E-state index contributed by atoms with van der Waals surface area (Å²) in [7, 11) is 0. The van der Waals surface area contributed by atoms with Gasteiger partial charge in [0, 0.05) is 23.5 Å². The maximum atomic E-state index is 15.4. The zero-order valence-corrected chi connectivity index (χ0v) is 24.4. The number of benzene rings is 1. The van der Waals surface area contributed by atoms with Crippen LogP contribution in [0.2, 0.25) is 5.02 Å². The minimum absolute atomic E-state index is 0.0181. The van der Waals surface area contributed by atoms with Gasteiger partial charge in [0.1, 0.15) is 35.7 Å². The summed E-state index contributed by atoms with van der Waals surface area (Å²) in [6.45, 7) is 8.39. The highest BCUT2D eigenvalue weighted by Gasteiger charge is 2.48. The Bertz CT molecular complexity index is 1320. The molecule has 1 aromatic heterocycles. The van der Waals surface area contributed by atoms with Crippen molar-refractivity contribution in [1.29, 1.82) is 0 Å². The molecule has 1 aromatic carbocycles. The van der Waals surface area contributed by atoms with Crippen molar-refractivity contribution in [3.63, 3.8) is 0 Å². The maximum absolute atomic E-state index is 15.4. The number of anilines is 1. The number of halogens is 2. The highest BCUT2D eigenvalue weighted by Crippen LogP contribution is 2.40. The number of aliphatic hydroxyl groups excluding tert-OH is 1. The van der Waals surface area contributed by atoms with Crippen LogP contribution in [0.15, 0.2) is 23.2 Å². The van der Waals surface area contributed by atoms with E-state index in [1.54, 1.807) is 6.07 Å². The number of aromatic nitrogens is 1. The van der Waals surface area contributed by atoms with Crippen LogP contribution in [0.1, 0.15) is 55.8 Å². The molecule has 0 spiro atoms. The van der Waals surface area contributed by atoms with Gasteiger partial charge in [-0.05, 0) is 49.4 Å². The first-order valence-corrected chi connectivity index (χ1v) is 14.7. The molecule has 6 rings (SSSR count). The lowest BCUT2D eigenvalue weighted by Crippen LogP contribution is -2.44. The van der Waals surface area contributed by atoms with Crippen LogP contribution in [0.5, 0.6) is 5.75 Å². The number of pyridine rings is 1. The molecule has 3 saturated heterocycles. The molecule has 0 amide bonds. The highest BCUT2D eigenvalue weighted by molar-refractivity contribution is 6.33. The lowest BCUT2D eigenvalue weighted by molar-refractivity contribution is -0.120. The molecule has 4 heterocycles. The van der Waals surface area contributed by atoms with Gasteiger partial charge in [-0.25, -0.2) is 9.37 Å². The first-order chi connectivity index (χ1) is 19.7. The zero-order valence-electron chi connectivity index (χ0n) is 23.6. The van der Waals surface area contributed by atoms with Gasteiger partial charge in [0.25, 0.3) is 0 Å². The second-order valence-electron chi connectivity index (χ2n) is 11.8. The number of rotatable bonds is 9. The van der Waals surface area contributed by atoms with Crippen LogP contribution in [0.3, 0.4) is 0 Å². The molecule has 2 aromatic rings. The van der Waals surface area contributed by atoms with E-state index in [1.807, 2.05) is 19.9 Å². The van der Waals surface area contributed by atoms with E-state index in [-0.39, 0.29) is 42.2 Å². The van der Waals surface area contributed by atoms with Crippen LogP contribution in [-0.4, -0.2) is 73.4 Å². The molecule has 0 bridgehead atoms. The average Bonchev–Trinajstić information content (AvgIpc) is 3.62. The fourth-order valence-corrected chi connectivity index (χ4v) is 6.11. The summed E-state index contributed by atoms with van der Waals surface area (Å²) in [5.41, 5.74) is 2.30. The number of hydrogen-bond donors (Lipinski definition) is 2. The molecule has 3 fully saturated rings. The summed E-state index contributed by atoms with van der Waals surface area (Å²) < 4.78 is 44.2. The van der Waals surface area contributed by atoms with Gasteiger partial charge in [0.15, 0.2) is 17.8 Å². The Labute approximate surface area is 244 Å². The summed E-state index contributed by atoms with van der Waals surface area (Å²) in [6.07, 6.45) is 1.11. The summed E-state index contributed by atoms with van der Waals surface area (Å²) in [5, 5.41) is 13.9. The molecule has 1 unspecified atom stereocenters. The summed E-state index contributed by atoms with van der Waals surface area (Å²) in [6, 6.07) is 4.91. The molecule has 0 saturated carbocycles. The van der Waals surface area contributed by atoms with Crippen molar-refractivity contribution in [3.8, 4) is 5.75 Å². The number of aliphatic hydroxyl groups is 1. The standard InChI is InChI=1S/C30H37ClFN3O6/c1-4-5-24(41-23-12-39-26-22(36)11-38-27(23)26)34-28-16(2)8-19(31)29(35-28)33-21-7-6-17-9-18(10-20(32)25(17)21)40-15-30(3)13-37-14-30/h8-10,21-23,26-27,36H,4-7,11-15H2,1-3H3,(H,33,35)/t21?,22-,23-,26-,27-/m1/s1. The minimum Gasteiger partial charge on any atom is -0.493 e. The Morgan fingerprint density at radius 2 is 2.05 bits per heavy atom. The van der Waals surface area contributed by atoms with E-state index >= 15 is 4.39 Å². The normalized spacial score (nSPS) is 28.2. The van der Waals surface area contributed by atoms with Gasteiger partial charge in [-0.2, -0.15) is 4.99 Å². The smallest absolute Gasteiger partial charge is 0.190 e. The monoisotopic (exact) mass is 589 g/mol. The predicted molar refractivity (Wildman–Crippen MR) is 152 cm³/mol. The van der Waals surface area contributed by atoms with Crippen LogP contribution < -0.4 is 10.1 Å². The molecule has 3 aliphatic heterocycles. The van der Waals surface area contributed by atoms with Crippen molar-refractivity contribution >= 4 is 29.1 Å². The molecule has 1 aliphatic carbocycles. The minimum atomic E-state index is -0.649. The highest BCUT2D eigenvalue weighted by atomic mass is 35.5. The van der Waals surface area contributed by atoms with Gasteiger partial charge in [0.05, 0.1) is 44.1 Å². The fourth-order valence-electron chi connectivity index (χ4n) is 5.85. The van der Waals surface area contributed by atoms with E-state index < -0.39 is 6.10 Å². The van der Waals surface area contributed by atoms with Crippen molar-refractivity contribution in [2.75, 3.05) is 38.4 Å². The Morgan fingerprint density at radius 3 is 2.80 bits per heavy atom. The zero-order chi connectivity index (χ0) is 28.7. The van der Waals surface area contributed by atoms with Crippen molar-refractivity contribution < 1.29 is 33.2 Å². The number of hydrogen-bond acceptors (Lipinski definition) is 9. The maximum Gasteiger partial charge on any atom is 0.190 e. The van der Waals surface area contributed by atoms with Crippen molar-refractivity contribution in [3.05, 3.63) is 45.7 Å². The fraction of sp³-hybridized carbons (Fsp3) is 0.600. The Morgan fingerprint density at radius 1 is 1.24 bits per heavy atom. The van der Waals surface area contributed by atoms with E-state index in [4.69, 9.17) is 45.3 Å². The number of fused-ring (bicyclic) bond motifs is 2. The number of aliphatic imine (C=N–C) groups is 1. The Hall–Kier alpha value is -2.50. The first kappa shape index (κ1) is 28.6. The molecule has 9 nitrogen and oxygen atoms in total. The molecule has 41 heavy (non-hydrogen) atoms. The van der Waals surface area contributed by atoms with Crippen LogP contribution in [0.25, 0.3) is 0 Å². The molecule has 222 valence electrons. The van der Waals surface area contributed by atoms with Crippen LogP contribution in [0.4, 0.5) is 16.0 Å². The van der Waals surface area contributed by atoms with Crippen molar-refractivity contribution in [2.45, 2.75) is 76.9 Å². The molecular formula is C30H37ClFN3O6. The van der Waals surface area contributed by atoms with Gasteiger partial charge < -0.3 is 34.1 Å². The molecule has 11 heteroatoms. The number of ether oxygens (including phenoxy) is 5. The lowest BCUT2D eigenvalue weighted by atomic mass is 9.90. The first-order valence-electron chi connectivity index (χ1n) is 14.3. The third kappa shape index (κ3) is 5.90. The molecule has 2 N–H and O–H groups in total. The van der Waals surface area contributed by atoms with E-state index in [9.17, 15) is 5.11 Å². The van der Waals surface area contributed by atoms with Gasteiger partial charge in [-0.15, -0.1) is 0 Å².